The Bertz CT molecular complexity index is 351. The van der Waals surface area contributed by atoms with Crippen molar-refractivity contribution in [2.75, 3.05) is 19.0 Å². The Morgan fingerprint density at radius 3 is 3.12 bits per heavy atom. The predicted molar refractivity (Wildman–Crippen MR) is 65.6 cm³/mol. The molecule has 1 atom stereocenters. The molecule has 0 aromatic carbocycles. The van der Waals surface area contributed by atoms with Gasteiger partial charge < -0.3 is 15.8 Å². The van der Waals surface area contributed by atoms with E-state index in [1.165, 1.54) is 0 Å². The summed E-state index contributed by atoms with van der Waals surface area (Å²) in [5, 5.41) is 6.86. The van der Waals surface area contributed by atoms with Gasteiger partial charge >= 0.3 is 0 Å². The van der Waals surface area contributed by atoms with Crippen LogP contribution in [0.2, 0.25) is 0 Å². The molecule has 1 amide bonds. The zero-order valence-corrected chi connectivity index (χ0v) is 10.3. The first kappa shape index (κ1) is 13.7. The summed E-state index contributed by atoms with van der Waals surface area (Å²) in [6.07, 6.45) is 4.51. The highest BCUT2D eigenvalue weighted by atomic mass is 16.5. The third-order valence-corrected chi connectivity index (χ3v) is 2.41. The number of carbonyl (C=O) groups excluding carboxylic acids is 1. The fourth-order valence-corrected chi connectivity index (χ4v) is 1.33. The van der Waals surface area contributed by atoms with Gasteiger partial charge in [-0.05, 0) is 6.42 Å². The number of hydrogen-bond acceptors (Lipinski definition) is 4. The lowest BCUT2D eigenvalue weighted by Gasteiger charge is -2.07. The van der Waals surface area contributed by atoms with Gasteiger partial charge in [-0.1, -0.05) is 6.92 Å². The van der Waals surface area contributed by atoms with E-state index in [0.29, 0.717) is 25.3 Å². The predicted octanol–water partition coefficient (Wildman–Crippen LogP) is 0.595. The molecule has 0 bridgehead atoms. The third-order valence-electron chi connectivity index (χ3n) is 2.41. The molecule has 0 saturated heterocycles. The summed E-state index contributed by atoms with van der Waals surface area (Å²) in [5.41, 5.74) is 6.39. The van der Waals surface area contributed by atoms with E-state index in [9.17, 15) is 4.79 Å². The van der Waals surface area contributed by atoms with E-state index >= 15 is 0 Å². The maximum atomic E-state index is 11.6. The molecule has 1 unspecified atom stereocenters. The molecule has 0 fully saturated rings. The number of amides is 1. The van der Waals surface area contributed by atoms with Gasteiger partial charge in [0.2, 0.25) is 5.91 Å². The molecule has 1 aromatic heterocycles. The molecule has 6 heteroatoms. The van der Waals surface area contributed by atoms with Gasteiger partial charge in [-0.15, -0.1) is 0 Å². The second kappa shape index (κ2) is 7.03. The summed E-state index contributed by atoms with van der Waals surface area (Å²) in [4.78, 5) is 11.6. The molecular weight excluding hydrogens is 220 g/mol. The average Bonchev–Trinajstić information content (AvgIpc) is 2.73. The second-order valence-corrected chi connectivity index (χ2v) is 3.91. The highest BCUT2D eigenvalue weighted by Crippen LogP contribution is 2.06. The van der Waals surface area contributed by atoms with E-state index < -0.39 is 0 Å². The number of carbonyl (C=O) groups is 1. The molecule has 0 spiro atoms. The smallest absolute Gasteiger partial charge is 0.226 e. The Labute approximate surface area is 101 Å². The maximum absolute atomic E-state index is 11.6. The van der Waals surface area contributed by atoms with Gasteiger partial charge in [0.1, 0.15) is 0 Å². The summed E-state index contributed by atoms with van der Waals surface area (Å²) in [5.74, 6) is -0.0781. The van der Waals surface area contributed by atoms with Crippen LogP contribution in [0.15, 0.2) is 12.4 Å². The van der Waals surface area contributed by atoms with Gasteiger partial charge in [-0.3, -0.25) is 9.48 Å². The molecule has 0 aliphatic carbocycles. The van der Waals surface area contributed by atoms with Gasteiger partial charge in [0, 0.05) is 25.8 Å². The lowest BCUT2D eigenvalue weighted by molar-refractivity contribution is -0.116. The van der Waals surface area contributed by atoms with Gasteiger partial charge in [-0.2, -0.15) is 5.10 Å². The molecule has 0 saturated carbocycles. The Balaban J connectivity index is 2.40. The quantitative estimate of drug-likeness (QED) is 0.731. The summed E-state index contributed by atoms with van der Waals surface area (Å²) in [7, 11) is 1.64. The molecule has 0 aliphatic rings. The summed E-state index contributed by atoms with van der Waals surface area (Å²) in [6, 6.07) is -0.0847. The molecule has 1 rings (SSSR count). The van der Waals surface area contributed by atoms with Crippen LogP contribution in [0.1, 0.15) is 19.8 Å². The number of anilines is 1. The van der Waals surface area contributed by atoms with Crippen LogP contribution in [0.3, 0.4) is 0 Å². The van der Waals surface area contributed by atoms with Gasteiger partial charge in [0.05, 0.1) is 25.0 Å². The number of rotatable bonds is 7. The van der Waals surface area contributed by atoms with E-state index in [1.54, 1.807) is 24.2 Å². The fraction of sp³-hybridized carbons (Fsp3) is 0.636. The van der Waals surface area contributed by atoms with Crippen LogP contribution < -0.4 is 11.1 Å². The first-order valence-corrected chi connectivity index (χ1v) is 5.72. The average molecular weight is 240 g/mol. The van der Waals surface area contributed by atoms with Gasteiger partial charge in [-0.25, -0.2) is 0 Å². The van der Waals surface area contributed by atoms with Crippen LogP contribution >= 0.6 is 0 Å². The molecule has 0 aliphatic heterocycles. The maximum Gasteiger partial charge on any atom is 0.226 e. The van der Waals surface area contributed by atoms with Crippen molar-refractivity contribution in [3.63, 3.8) is 0 Å². The Morgan fingerprint density at radius 1 is 1.71 bits per heavy atom. The lowest BCUT2D eigenvalue weighted by Crippen LogP contribution is -2.26. The zero-order chi connectivity index (χ0) is 12.7. The van der Waals surface area contributed by atoms with E-state index in [4.69, 9.17) is 10.5 Å². The van der Waals surface area contributed by atoms with Crippen LogP contribution in [-0.2, 0) is 16.1 Å². The highest BCUT2D eigenvalue weighted by Gasteiger charge is 2.08. The number of ether oxygens (including phenoxy) is 1. The minimum atomic E-state index is -0.0847. The first-order valence-electron chi connectivity index (χ1n) is 5.72. The van der Waals surface area contributed by atoms with Crippen molar-refractivity contribution < 1.29 is 9.53 Å². The van der Waals surface area contributed by atoms with Crippen molar-refractivity contribution in [1.29, 1.82) is 0 Å². The van der Waals surface area contributed by atoms with Crippen molar-refractivity contribution in [2.24, 2.45) is 5.73 Å². The topological polar surface area (TPSA) is 82.2 Å². The Kier molecular flexibility index (Phi) is 5.65. The molecule has 0 radical (unpaired) electrons. The van der Waals surface area contributed by atoms with Crippen LogP contribution in [0.5, 0.6) is 0 Å². The molecule has 1 heterocycles. The Hall–Kier alpha value is -1.40. The SMILES string of the molecule is CCC(N)CC(=O)Nc1cnn(CCOC)c1. The summed E-state index contributed by atoms with van der Waals surface area (Å²) < 4.78 is 6.66. The zero-order valence-electron chi connectivity index (χ0n) is 10.3. The molecule has 3 N–H and O–H groups in total. The van der Waals surface area contributed by atoms with Crippen molar-refractivity contribution in [3.05, 3.63) is 12.4 Å². The number of nitrogens with zero attached hydrogens (tertiary/aromatic N) is 2. The van der Waals surface area contributed by atoms with Crippen molar-refractivity contribution in [1.82, 2.24) is 9.78 Å². The normalized spacial score (nSPS) is 12.4. The summed E-state index contributed by atoms with van der Waals surface area (Å²) in [6.45, 7) is 3.22. The standard InChI is InChI=1S/C11H20N4O2/c1-3-9(12)6-11(16)14-10-7-13-15(8-10)4-5-17-2/h7-9H,3-6,12H2,1-2H3,(H,14,16). The molecule has 17 heavy (non-hydrogen) atoms. The molecule has 96 valence electrons. The number of nitrogens with two attached hydrogens (primary N) is 1. The van der Waals surface area contributed by atoms with E-state index in [-0.39, 0.29) is 11.9 Å². The van der Waals surface area contributed by atoms with Crippen LogP contribution in [-0.4, -0.2) is 35.4 Å². The van der Waals surface area contributed by atoms with Crippen LogP contribution in [0.4, 0.5) is 5.69 Å². The second-order valence-electron chi connectivity index (χ2n) is 3.91. The monoisotopic (exact) mass is 240 g/mol. The number of methoxy groups -OCH3 is 1. The molecular formula is C11H20N4O2. The van der Waals surface area contributed by atoms with E-state index in [0.717, 1.165) is 6.42 Å². The van der Waals surface area contributed by atoms with E-state index in [1.807, 2.05) is 6.92 Å². The third kappa shape index (κ3) is 4.97. The minimum Gasteiger partial charge on any atom is -0.383 e. The number of hydrogen-bond donors (Lipinski definition) is 2. The molecule has 6 nitrogen and oxygen atoms in total. The fourth-order valence-electron chi connectivity index (χ4n) is 1.33. The van der Waals surface area contributed by atoms with Gasteiger partial charge in [0.25, 0.3) is 0 Å². The largest absolute Gasteiger partial charge is 0.383 e. The minimum absolute atomic E-state index is 0.0781. The number of aromatic nitrogens is 2. The number of nitrogens with one attached hydrogen (secondary N) is 1. The van der Waals surface area contributed by atoms with Crippen LogP contribution in [0.25, 0.3) is 0 Å². The van der Waals surface area contributed by atoms with E-state index in [2.05, 4.69) is 10.4 Å². The van der Waals surface area contributed by atoms with Crippen LogP contribution in [0, 0.1) is 0 Å². The highest BCUT2D eigenvalue weighted by molar-refractivity contribution is 5.90. The van der Waals surface area contributed by atoms with Crippen molar-refractivity contribution >= 4 is 11.6 Å². The Morgan fingerprint density at radius 2 is 2.47 bits per heavy atom. The van der Waals surface area contributed by atoms with Crippen molar-refractivity contribution in [2.45, 2.75) is 32.4 Å². The lowest BCUT2D eigenvalue weighted by atomic mass is 10.1. The summed E-state index contributed by atoms with van der Waals surface area (Å²) >= 11 is 0. The molecule has 1 aromatic rings. The van der Waals surface area contributed by atoms with Gasteiger partial charge in [0.15, 0.2) is 0 Å². The van der Waals surface area contributed by atoms with Crippen molar-refractivity contribution in [3.8, 4) is 0 Å². The first-order chi connectivity index (χ1) is 8.15.